The smallest absolute Gasteiger partial charge is 0.123 e. The Morgan fingerprint density at radius 2 is 2.12 bits per heavy atom. The van der Waals surface area contributed by atoms with Crippen LogP contribution in [0.4, 0.5) is 0 Å². The molecule has 1 N–H and O–H groups in total. The standard InChI is InChI=1S/C12H24N2O.ClH/c1-9(2)14-6-4-5-11(14)12-13-7-10(3)8-15-12;/h9-13H,4-8H2,1-3H3;1H. The Balaban J connectivity index is 0.00000128. The van der Waals surface area contributed by atoms with E-state index in [1.54, 1.807) is 0 Å². The third kappa shape index (κ3) is 3.10. The molecule has 0 aliphatic carbocycles. The first-order valence-electron chi connectivity index (χ1n) is 6.29. The van der Waals surface area contributed by atoms with Gasteiger partial charge in [-0.2, -0.15) is 0 Å². The van der Waals surface area contributed by atoms with E-state index in [0.29, 0.717) is 18.0 Å². The van der Waals surface area contributed by atoms with Crippen molar-refractivity contribution < 1.29 is 4.74 Å². The van der Waals surface area contributed by atoms with Crippen molar-refractivity contribution in [2.24, 2.45) is 5.92 Å². The van der Waals surface area contributed by atoms with Crippen LogP contribution in [0.5, 0.6) is 0 Å². The average Bonchev–Trinajstić information content (AvgIpc) is 2.67. The maximum Gasteiger partial charge on any atom is 0.123 e. The van der Waals surface area contributed by atoms with E-state index in [0.717, 1.165) is 13.2 Å². The number of nitrogens with zero attached hydrogens (tertiary/aromatic N) is 1. The average molecular weight is 249 g/mol. The van der Waals surface area contributed by atoms with Crippen LogP contribution in [0.3, 0.4) is 0 Å². The monoisotopic (exact) mass is 248 g/mol. The molecule has 2 aliphatic rings. The fourth-order valence-corrected chi connectivity index (χ4v) is 2.73. The quantitative estimate of drug-likeness (QED) is 0.808. The van der Waals surface area contributed by atoms with Crippen LogP contribution in [0.2, 0.25) is 0 Å². The molecule has 0 aromatic carbocycles. The van der Waals surface area contributed by atoms with Crippen molar-refractivity contribution in [1.29, 1.82) is 0 Å². The van der Waals surface area contributed by atoms with E-state index in [-0.39, 0.29) is 18.6 Å². The summed E-state index contributed by atoms with van der Waals surface area (Å²) in [5.74, 6) is 0.662. The van der Waals surface area contributed by atoms with Crippen LogP contribution in [0, 0.1) is 5.92 Å². The van der Waals surface area contributed by atoms with Crippen LogP contribution in [0.1, 0.15) is 33.6 Å². The summed E-state index contributed by atoms with van der Waals surface area (Å²) in [5.41, 5.74) is 0. The molecule has 2 aliphatic heterocycles. The fraction of sp³-hybridized carbons (Fsp3) is 1.00. The highest BCUT2D eigenvalue weighted by Crippen LogP contribution is 2.24. The molecule has 0 aromatic rings. The first-order chi connectivity index (χ1) is 7.18. The Morgan fingerprint density at radius 1 is 1.38 bits per heavy atom. The van der Waals surface area contributed by atoms with Gasteiger partial charge in [0.05, 0.1) is 6.61 Å². The van der Waals surface area contributed by atoms with E-state index >= 15 is 0 Å². The molecule has 3 unspecified atom stereocenters. The lowest BCUT2D eigenvalue weighted by atomic mass is 10.1. The molecule has 96 valence electrons. The molecule has 0 saturated carbocycles. The Bertz CT molecular complexity index is 205. The van der Waals surface area contributed by atoms with Gasteiger partial charge in [0.1, 0.15) is 6.23 Å². The second-order valence-electron chi connectivity index (χ2n) is 5.31. The normalized spacial score (nSPS) is 36.4. The van der Waals surface area contributed by atoms with Crippen LogP contribution < -0.4 is 5.32 Å². The number of rotatable bonds is 2. The molecule has 2 fully saturated rings. The minimum Gasteiger partial charge on any atom is -0.361 e. The van der Waals surface area contributed by atoms with Crippen LogP contribution in [0.15, 0.2) is 0 Å². The molecule has 0 bridgehead atoms. The lowest BCUT2D eigenvalue weighted by Crippen LogP contribution is -2.54. The van der Waals surface area contributed by atoms with Crippen molar-refractivity contribution in [2.75, 3.05) is 19.7 Å². The minimum atomic E-state index is 0. The zero-order chi connectivity index (χ0) is 10.8. The molecule has 3 nitrogen and oxygen atoms in total. The Hall–Kier alpha value is 0.170. The number of hydrogen-bond acceptors (Lipinski definition) is 3. The highest BCUT2D eigenvalue weighted by atomic mass is 35.5. The highest BCUT2D eigenvalue weighted by molar-refractivity contribution is 5.85. The van der Waals surface area contributed by atoms with E-state index in [1.807, 2.05) is 0 Å². The Kier molecular flexibility index (Phi) is 5.51. The van der Waals surface area contributed by atoms with Gasteiger partial charge in [-0.3, -0.25) is 10.2 Å². The Morgan fingerprint density at radius 3 is 2.69 bits per heavy atom. The lowest BCUT2D eigenvalue weighted by Gasteiger charge is -2.38. The first kappa shape index (κ1) is 14.2. The number of halogens is 1. The first-order valence-corrected chi connectivity index (χ1v) is 6.29. The van der Waals surface area contributed by atoms with E-state index in [1.165, 1.54) is 19.4 Å². The second kappa shape index (κ2) is 6.20. The molecule has 2 rings (SSSR count). The molecule has 0 aromatic heterocycles. The summed E-state index contributed by atoms with van der Waals surface area (Å²) in [4.78, 5) is 2.58. The summed E-state index contributed by atoms with van der Waals surface area (Å²) in [6, 6.07) is 1.24. The van der Waals surface area contributed by atoms with Gasteiger partial charge in [0.15, 0.2) is 0 Å². The summed E-state index contributed by atoms with van der Waals surface area (Å²) >= 11 is 0. The van der Waals surface area contributed by atoms with Gasteiger partial charge in [0.25, 0.3) is 0 Å². The number of hydrogen-bond donors (Lipinski definition) is 1. The van der Waals surface area contributed by atoms with Crippen molar-refractivity contribution >= 4 is 12.4 Å². The summed E-state index contributed by atoms with van der Waals surface area (Å²) in [6.07, 6.45) is 2.87. The van der Waals surface area contributed by atoms with Gasteiger partial charge in [-0.1, -0.05) is 6.92 Å². The summed E-state index contributed by atoms with van der Waals surface area (Å²) in [6.45, 7) is 10.1. The number of nitrogens with one attached hydrogen (secondary N) is 1. The van der Waals surface area contributed by atoms with Crippen LogP contribution in [-0.4, -0.2) is 42.9 Å². The van der Waals surface area contributed by atoms with E-state index in [9.17, 15) is 0 Å². The zero-order valence-corrected chi connectivity index (χ0v) is 11.4. The van der Waals surface area contributed by atoms with Gasteiger partial charge in [0, 0.05) is 18.6 Å². The number of likely N-dealkylation sites (tertiary alicyclic amines) is 1. The zero-order valence-electron chi connectivity index (χ0n) is 10.6. The SMILES string of the molecule is CC1CNC(C2CCCN2C(C)C)OC1.Cl. The molecular formula is C12H25ClN2O. The van der Waals surface area contributed by atoms with Gasteiger partial charge in [-0.15, -0.1) is 12.4 Å². The van der Waals surface area contributed by atoms with Gasteiger partial charge in [-0.25, -0.2) is 0 Å². The molecular weight excluding hydrogens is 224 g/mol. The molecule has 0 radical (unpaired) electrons. The predicted octanol–water partition coefficient (Wildman–Crippen LogP) is 1.86. The molecule has 0 amide bonds. The molecule has 4 heteroatoms. The van der Waals surface area contributed by atoms with Crippen LogP contribution in [-0.2, 0) is 4.74 Å². The molecule has 16 heavy (non-hydrogen) atoms. The van der Waals surface area contributed by atoms with Crippen molar-refractivity contribution in [3.8, 4) is 0 Å². The van der Waals surface area contributed by atoms with Gasteiger partial charge < -0.3 is 4.74 Å². The van der Waals surface area contributed by atoms with Crippen LogP contribution >= 0.6 is 12.4 Å². The predicted molar refractivity (Wildman–Crippen MR) is 69.0 cm³/mol. The lowest BCUT2D eigenvalue weighted by molar-refractivity contribution is -0.0679. The molecule has 2 saturated heterocycles. The van der Waals surface area contributed by atoms with Crippen molar-refractivity contribution in [3.05, 3.63) is 0 Å². The van der Waals surface area contributed by atoms with Crippen molar-refractivity contribution in [2.45, 2.75) is 51.9 Å². The molecule has 2 heterocycles. The van der Waals surface area contributed by atoms with E-state index in [2.05, 4.69) is 31.0 Å². The van der Waals surface area contributed by atoms with Gasteiger partial charge >= 0.3 is 0 Å². The molecule has 3 atom stereocenters. The maximum atomic E-state index is 5.90. The van der Waals surface area contributed by atoms with Crippen molar-refractivity contribution in [1.82, 2.24) is 10.2 Å². The second-order valence-corrected chi connectivity index (χ2v) is 5.31. The van der Waals surface area contributed by atoms with Crippen molar-refractivity contribution in [3.63, 3.8) is 0 Å². The Labute approximate surface area is 105 Å². The number of ether oxygens (including phenoxy) is 1. The fourth-order valence-electron chi connectivity index (χ4n) is 2.73. The summed E-state index contributed by atoms with van der Waals surface area (Å²) in [7, 11) is 0. The third-order valence-corrected chi connectivity index (χ3v) is 3.58. The van der Waals surface area contributed by atoms with E-state index < -0.39 is 0 Å². The van der Waals surface area contributed by atoms with Gasteiger partial charge in [-0.05, 0) is 39.2 Å². The maximum absolute atomic E-state index is 5.90. The summed E-state index contributed by atoms with van der Waals surface area (Å²) in [5, 5.41) is 3.53. The topological polar surface area (TPSA) is 24.5 Å². The van der Waals surface area contributed by atoms with Gasteiger partial charge in [0.2, 0.25) is 0 Å². The highest BCUT2D eigenvalue weighted by Gasteiger charge is 2.35. The largest absolute Gasteiger partial charge is 0.361 e. The van der Waals surface area contributed by atoms with Crippen LogP contribution in [0.25, 0.3) is 0 Å². The molecule has 0 spiro atoms. The summed E-state index contributed by atoms with van der Waals surface area (Å²) < 4.78 is 5.90. The third-order valence-electron chi connectivity index (χ3n) is 3.58. The minimum absolute atomic E-state index is 0. The van der Waals surface area contributed by atoms with E-state index in [4.69, 9.17) is 4.74 Å².